The van der Waals surface area contributed by atoms with Crippen LogP contribution in [-0.4, -0.2) is 97.4 Å². The second kappa shape index (κ2) is 18.8. The van der Waals surface area contributed by atoms with Crippen LogP contribution in [0.1, 0.15) is 58.3 Å². The minimum absolute atomic E-state index is 0.154. The van der Waals surface area contributed by atoms with Gasteiger partial charge in [-0.2, -0.15) is 0 Å². The molecule has 0 aliphatic heterocycles. The molecule has 0 aromatic heterocycles. The van der Waals surface area contributed by atoms with Crippen molar-refractivity contribution in [1.29, 1.82) is 0 Å². The molecular formula is C25H43O12P. The highest BCUT2D eigenvalue weighted by Crippen LogP contribution is 2.47. The van der Waals surface area contributed by atoms with Gasteiger partial charge in [0.2, 0.25) is 0 Å². The third kappa shape index (κ3) is 13.6. The number of carbonyl (C=O) groups excluding carboxylic acids is 1. The van der Waals surface area contributed by atoms with E-state index in [0.717, 1.165) is 38.5 Å². The van der Waals surface area contributed by atoms with Crippen molar-refractivity contribution in [2.75, 3.05) is 13.2 Å². The first-order chi connectivity index (χ1) is 18.0. The van der Waals surface area contributed by atoms with E-state index in [1.807, 2.05) is 0 Å². The van der Waals surface area contributed by atoms with Crippen LogP contribution >= 0.6 is 7.82 Å². The van der Waals surface area contributed by atoms with Gasteiger partial charge in [-0.05, 0) is 38.5 Å². The minimum atomic E-state index is -4.99. The second-order valence-corrected chi connectivity index (χ2v) is 10.4. The summed E-state index contributed by atoms with van der Waals surface area (Å²) < 4.78 is 26.2. The SMILES string of the molecule is CC/C=C\C/C=C\C/C=C\CCCCCC(=O)OCC(O)COP(=O)(O)OC1C(O)C(O)C(O)C(O)C1O. The number of allylic oxidation sites excluding steroid dienone is 6. The van der Waals surface area contributed by atoms with Crippen LogP contribution in [0.5, 0.6) is 0 Å². The Morgan fingerprint density at radius 1 is 0.816 bits per heavy atom. The Labute approximate surface area is 223 Å². The molecule has 0 heterocycles. The zero-order valence-electron chi connectivity index (χ0n) is 21.7. The van der Waals surface area contributed by atoms with Gasteiger partial charge in [0, 0.05) is 6.42 Å². The average molecular weight is 567 g/mol. The Kier molecular flexibility index (Phi) is 17.1. The first-order valence-corrected chi connectivity index (χ1v) is 14.3. The quantitative estimate of drug-likeness (QED) is 0.0538. The van der Waals surface area contributed by atoms with Crippen molar-refractivity contribution in [2.45, 2.75) is 101 Å². The smallest absolute Gasteiger partial charge is 0.463 e. The topological polar surface area (TPSA) is 203 Å². The molecule has 220 valence electrons. The number of ether oxygens (including phenoxy) is 1. The molecule has 0 radical (unpaired) electrons. The summed E-state index contributed by atoms with van der Waals surface area (Å²) in [7, 11) is -4.99. The molecule has 13 heteroatoms. The summed E-state index contributed by atoms with van der Waals surface area (Å²) in [6.45, 7) is 0.814. The lowest BCUT2D eigenvalue weighted by atomic mass is 9.85. The van der Waals surface area contributed by atoms with Gasteiger partial charge in [0.15, 0.2) is 0 Å². The van der Waals surface area contributed by atoms with Crippen molar-refractivity contribution < 1.29 is 58.7 Å². The number of aliphatic hydroxyl groups is 6. The number of phosphoric acid groups is 1. The van der Waals surface area contributed by atoms with Crippen LogP contribution in [0.3, 0.4) is 0 Å². The molecule has 1 aliphatic rings. The Balaban J connectivity index is 2.19. The number of unbranched alkanes of at least 4 members (excludes halogenated alkanes) is 3. The van der Waals surface area contributed by atoms with Gasteiger partial charge in [-0.15, -0.1) is 0 Å². The lowest BCUT2D eigenvalue weighted by Crippen LogP contribution is -2.64. The van der Waals surface area contributed by atoms with Crippen molar-refractivity contribution in [3.05, 3.63) is 36.5 Å². The fraction of sp³-hybridized carbons (Fsp3) is 0.720. The summed E-state index contributed by atoms with van der Waals surface area (Å²) in [5.74, 6) is -0.541. The Bertz CT molecular complexity index is 785. The molecule has 6 atom stereocenters. The van der Waals surface area contributed by atoms with E-state index < -0.39 is 69.7 Å². The largest absolute Gasteiger partial charge is 0.472 e. The molecule has 1 fully saturated rings. The molecule has 0 saturated heterocycles. The predicted octanol–water partition coefficient (Wildman–Crippen LogP) is 1.02. The summed E-state index contributed by atoms with van der Waals surface area (Å²) in [6, 6.07) is 0. The number of carbonyl (C=O) groups is 1. The summed E-state index contributed by atoms with van der Waals surface area (Å²) in [5.41, 5.74) is 0. The van der Waals surface area contributed by atoms with Gasteiger partial charge in [-0.3, -0.25) is 13.8 Å². The van der Waals surface area contributed by atoms with Gasteiger partial charge in [0.1, 0.15) is 49.3 Å². The second-order valence-electron chi connectivity index (χ2n) is 9.02. The van der Waals surface area contributed by atoms with Crippen LogP contribution in [0.2, 0.25) is 0 Å². The molecule has 1 aliphatic carbocycles. The van der Waals surface area contributed by atoms with Crippen molar-refractivity contribution in [3.63, 3.8) is 0 Å². The first kappa shape index (κ1) is 34.6. The number of phosphoric ester groups is 1. The van der Waals surface area contributed by atoms with E-state index in [4.69, 9.17) is 4.74 Å². The standard InChI is InChI=1S/C25H43O12P/c1-2-3-4-5-6-7-8-9-10-11-12-13-14-15-19(27)35-16-18(26)17-36-38(33,34)37-25-23(31)21(29)20(28)22(30)24(25)32/h3-4,6-7,9-10,18,20-26,28-32H,2,5,8,11-17H2,1H3,(H,33,34)/b4-3-,7-6-,10-9-. The van der Waals surface area contributed by atoms with E-state index in [1.54, 1.807) is 0 Å². The van der Waals surface area contributed by atoms with E-state index in [9.17, 15) is 44.9 Å². The van der Waals surface area contributed by atoms with Crippen LogP contribution in [-0.2, 0) is 23.1 Å². The van der Waals surface area contributed by atoms with Gasteiger partial charge in [0.05, 0.1) is 6.61 Å². The van der Waals surface area contributed by atoms with Gasteiger partial charge in [-0.1, -0.05) is 49.8 Å². The maximum absolute atomic E-state index is 12.1. The van der Waals surface area contributed by atoms with Crippen molar-refractivity contribution in [2.24, 2.45) is 0 Å². The summed E-state index contributed by atoms with van der Waals surface area (Å²) in [4.78, 5) is 21.6. The first-order valence-electron chi connectivity index (χ1n) is 12.8. The fourth-order valence-electron chi connectivity index (χ4n) is 3.53. The van der Waals surface area contributed by atoms with E-state index in [1.165, 1.54) is 0 Å². The molecule has 1 saturated carbocycles. The monoisotopic (exact) mass is 566 g/mol. The predicted molar refractivity (Wildman–Crippen MR) is 138 cm³/mol. The zero-order valence-corrected chi connectivity index (χ0v) is 22.6. The molecule has 1 rings (SSSR count). The Morgan fingerprint density at radius 3 is 1.97 bits per heavy atom. The molecule has 0 bridgehead atoms. The third-order valence-electron chi connectivity index (χ3n) is 5.73. The average Bonchev–Trinajstić information content (AvgIpc) is 2.89. The van der Waals surface area contributed by atoms with Gasteiger partial charge in [-0.25, -0.2) is 4.57 Å². The normalized spacial score (nSPS) is 28.7. The third-order valence-corrected chi connectivity index (χ3v) is 6.71. The van der Waals surface area contributed by atoms with E-state index in [0.29, 0.717) is 6.42 Å². The van der Waals surface area contributed by atoms with Crippen molar-refractivity contribution >= 4 is 13.8 Å². The molecule has 12 nitrogen and oxygen atoms in total. The molecule has 7 N–H and O–H groups in total. The minimum Gasteiger partial charge on any atom is -0.463 e. The number of aliphatic hydroxyl groups excluding tert-OH is 6. The van der Waals surface area contributed by atoms with Crippen LogP contribution in [0.15, 0.2) is 36.5 Å². The van der Waals surface area contributed by atoms with E-state index >= 15 is 0 Å². The van der Waals surface area contributed by atoms with E-state index in [2.05, 4.69) is 52.4 Å². The van der Waals surface area contributed by atoms with E-state index in [-0.39, 0.29) is 6.42 Å². The molecule has 38 heavy (non-hydrogen) atoms. The maximum atomic E-state index is 12.1. The van der Waals surface area contributed by atoms with Crippen LogP contribution < -0.4 is 0 Å². The van der Waals surface area contributed by atoms with Crippen LogP contribution in [0.4, 0.5) is 0 Å². The number of rotatable bonds is 18. The zero-order chi connectivity index (χ0) is 28.6. The molecule has 6 unspecified atom stereocenters. The lowest BCUT2D eigenvalue weighted by Gasteiger charge is -2.41. The van der Waals surface area contributed by atoms with Gasteiger partial charge >= 0.3 is 13.8 Å². The van der Waals surface area contributed by atoms with Crippen molar-refractivity contribution in [1.82, 2.24) is 0 Å². The summed E-state index contributed by atoms with van der Waals surface area (Å²) >= 11 is 0. The highest BCUT2D eigenvalue weighted by molar-refractivity contribution is 7.47. The number of esters is 1. The summed E-state index contributed by atoms with van der Waals surface area (Å²) in [5, 5.41) is 58.4. The number of hydrogen-bond donors (Lipinski definition) is 7. The Hall–Kier alpha value is -1.44. The molecule has 0 aromatic rings. The molecule has 0 aromatic carbocycles. The van der Waals surface area contributed by atoms with Crippen LogP contribution in [0, 0.1) is 0 Å². The molecule has 0 amide bonds. The fourth-order valence-corrected chi connectivity index (χ4v) is 4.51. The highest BCUT2D eigenvalue weighted by Gasteiger charge is 2.51. The number of hydrogen-bond acceptors (Lipinski definition) is 11. The van der Waals surface area contributed by atoms with Crippen molar-refractivity contribution in [3.8, 4) is 0 Å². The summed E-state index contributed by atoms with van der Waals surface area (Å²) in [6.07, 6.45) is 5.77. The Morgan fingerprint density at radius 2 is 1.37 bits per heavy atom. The lowest BCUT2D eigenvalue weighted by molar-refractivity contribution is -0.220. The van der Waals surface area contributed by atoms with Gasteiger partial charge < -0.3 is 40.3 Å². The molecular weight excluding hydrogens is 523 g/mol. The molecule has 0 spiro atoms. The van der Waals surface area contributed by atoms with Crippen LogP contribution in [0.25, 0.3) is 0 Å². The highest BCUT2D eigenvalue weighted by atomic mass is 31.2. The maximum Gasteiger partial charge on any atom is 0.472 e. The van der Waals surface area contributed by atoms with Gasteiger partial charge in [0.25, 0.3) is 0 Å².